The van der Waals surface area contributed by atoms with Gasteiger partial charge in [0.15, 0.2) is 0 Å². The second-order valence-corrected chi connectivity index (χ2v) is 3.90. The minimum absolute atomic E-state index is 0.789. The molecule has 1 rings (SSSR count). The standard InChI is InChI=1S/C7H11NS2/c9-6-8-5-7-1-3-10-4-2-7/h7H,1-5H2. The summed E-state index contributed by atoms with van der Waals surface area (Å²) in [6.45, 7) is 0.907. The number of aliphatic imine (C=N–C) groups is 1. The molecule has 0 saturated carbocycles. The first kappa shape index (κ1) is 8.25. The summed E-state index contributed by atoms with van der Waals surface area (Å²) in [5.74, 6) is 3.39. The maximum Gasteiger partial charge on any atom is 0.0585 e. The maximum absolute atomic E-state index is 4.50. The van der Waals surface area contributed by atoms with Crippen molar-refractivity contribution in [3.05, 3.63) is 0 Å². The van der Waals surface area contributed by atoms with E-state index in [9.17, 15) is 0 Å². The molecule has 1 saturated heterocycles. The molecule has 1 fully saturated rings. The number of hydrogen-bond donors (Lipinski definition) is 0. The molecule has 0 aromatic carbocycles. The van der Waals surface area contributed by atoms with E-state index in [0.29, 0.717) is 0 Å². The van der Waals surface area contributed by atoms with Crippen LogP contribution in [0, 0.1) is 5.92 Å². The molecule has 1 aliphatic rings. The molecule has 0 amide bonds. The summed E-state index contributed by atoms with van der Waals surface area (Å²) in [6.07, 6.45) is 2.62. The lowest BCUT2D eigenvalue weighted by molar-refractivity contribution is 0.504. The van der Waals surface area contributed by atoms with Gasteiger partial charge in [0.25, 0.3) is 0 Å². The van der Waals surface area contributed by atoms with E-state index < -0.39 is 0 Å². The third-order valence-corrected chi connectivity index (χ3v) is 2.93. The SMILES string of the molecule is S=C=NCC1CCSCC1. The highest BCUT2D eigenvalue weighted by molar-refractivity contribution is 7.99. The predicted molar refractivity (Wildman–Crippen MR) is 49.9 cm³/mol. The van der Waals surface area contributed by atoms with Crippen LogP contribution in [0.25, 0.3) is 0 Å². The highest BCUT2D eigenvalue weighted by atomic mass is 32.2. The van der Waals surface area contributed by atoms with Crippen molar-refractivity contribution in [3.63, 3.8) is 0 Å². The monoisotopic (exact) mass is 173 g/mol. The summed E-state index contributed by atoms with van der Waals surface area (Å²) in [7, 11) is 0. The van der Waals surface area contributed by atoms with Gasteiger partial charge in [0.05, 0.1) is 11.7 Å². The largest absolute Gasteiger partial charge is 0.232 e. The van der Waals surface area contributed by atoms with Crippen molar-refractivity contribution in [1.82, 2.24) is 0 Å². The number of hydrogen-bond acceptors (Lipinski definition) is 3. The first-order chi connectivity index (χ1) is 4.93. The van der Waals surface area contributed by atoms with Gasteiger partial charge in [0, 0.05) is 0 Å². The molecule has 0 atom stereocenters. The van der Waals surface area contributed by atoms with Crippen LogP contribution >= 0.6 is 24.0 Å². The molecule has 0 aromatic rings. The van der Waals surface area contributed by atoms with Crippen LogP contribution in [-0.4, -0.2) is 23.2 Å². The first-order valence-corrected chi connectivity index (χ1v) is 5.11. The van der Waals surface area contributed by atoms with Crippen molar-refractivity contribution in [2.45, 2.75) is 12.8 Å². The summed E-state index contributed by atoms with van der Waals surface area (Å²) in [5.41, 5.74) is 0. The maximum atomic E-state index is 4.50. The fourth-order valence-electron chi connectivity index (χ4n) is 1.10. The van der Waals surface area contributed by atoms with Gasteiger partial charge >= 0.3 is 0 Å². The Balaban J connectivity index is 2.19. The van der Waals surface area contributed by atoms with E-state index in [1.54, 1.807) is 0 Å². The van der Waals surface area contributed by atoms with Gasteiger partial charge in [-0.3, -0.25) is 0 Å². The van der Waals surface area contributed by atoms with E-state index in [-0.39, 0.29) is 0 Å². The Morgan fingerprint density at radius 2 is 2.20 bits per heavy atom. The van der Waals surface area contributed by atoms with Gasteiger partial charge in [0.1, 0.15) is 0 Å². The van der Waals surface area contributed by atoms with Gasteiger partial charge in [-0.1, -0.05) is 0 Å². The third-order valence-electron chi connectivity index (χ3n) is 1.75. The topological polar surface area (TPSA) is 12.4 Å². The fraction of sp³-hybridized carbons (Fsp3) is 0.857. The summed E-state index contributed by atoms with van der Waals surface area (Å²) in [5, 5.41) is 2.42. The molecule has 1 nitrogen and oxygen atoms in total. The van der Waals surface area contributed by atoms with Gasteiger partial charge < -0.3 is 0 Å². The van der Waals surface area contributed by atoms with E-state index in [0.717, 1.165) is 12.5 Å². The lowest BCUT2D eigenvalue weighted by atomic mass is 10.0. The molecule has 0 aromatic heterocycles. The van der Waals surface area contributed by atoms with Gasteiger partial charge in [-0.2, -0.15) is 11.8 Å². The second-order valence-electron chi connectivity index (χ2n) is 2.49. The molecular formula is C7H11NS2. The molecular weight excluding hydrogens is 162 g/mol. The molecule has 0 bridgehead atoms. The molecule has 0 radical (unpaired) electrons. The number of nitrogens with zero attached hydrogens (tertiary/aromatic N) is 1. The Labute approximate surface area is 71.3 Å². The van der Waals surface area contributed by atoms with Crippen molar-refractivity contribution in [3.8, 4) is 0 Å². The lowest BCUT2D eigenvalue weighted by Gasteiger charge is -2.18. The van der Waals surface area contributed by atoms with E-state index in [1.807, 2.05) is 11.8 Å². The first-order valence-electron chi connectivity index (χ1n) is 3.55. The molecule has 0 aliphatic carbocycles. The zero-order valence-corrected chi connectivity index (χ0v) is 7.51. The van der Waals surface area contributed by atoms with Crippen LogP contribution in [0.4, 0.5) is 0 Å². The quantitative estimate of drug-likeness (QED) is 0.469. The zero-order chi connectivity index (χ0) is 7.23. The average molecular weight is 173 g/mol. The van der Waals surface area contributed by atoms with Gasteiger partial charge in [0.2, 0.25) is 0 Å². The highest BCUT2D eigenvalue weighted by Gasteiger charge is 2.11. The normalized spacial score (nSPS) is 20.0. The molecule has 1 aliphatic heterocycles. The third kappa shape index (κ3) is 2.82. The van der Waals surface area contributed by atoms with Crippen LogP contribution in [0.15, 0.2) is 4.99 Å². The Morgan fingerprint density at radius 1 is 1.50 bits per heavy atom. The Hall–Kier alpha value is 0.150. The summed E-state index contributed by atoms with van der Waals surface area (Å²) >= 11 is 6.54. The molecule has 10 heavy (non-hydrogen) atoms. The number of isothiocyanates is 1. The number of rotatable bonds is 2. The Kier molecular flexibility index (Phi) is 4.03. The van der Waals surface area contributed by atoms with E-state index in [4.69, 9.17) is 0 Å². The molecule has 56 valence electrons. The summed E-state index contributed by atoms with van der Waals surface area (Å²) in [6, 6.07) is 0. The number of thiocarbonyl (C=S) groups is 1. The van der Waals surface area contributed by atoms with Crippen LogP contribution in [0.3, 0.4) is 0 Å². The fourth-order valence-corrected chi connectivity index (χ4v) is 2.37. The average Bonchev–Trinajstić information content (AvgIpc) is 2.03. The summed E-state index contributed by atoms with van der Waals surface area (Å²) in [4.78, 5) is 3.95. The van der Waals surface area contributed by atoms with E-state index >= 15 is 0 Å². The lowest BCUT2D eigenvalue weighted by Crippen LogP contribution is -2.12. The minimum Gasteiger partial charge on any atom is -0.232 e. The van der Waals surface area contributed by atoms with Crippen molar-refractivity contribution in [2.75, 3.05) is 18.1 Å². The van der Waals surface area contributed by atoms with Gasteiger partial charge in [-0.15, -0.1) is 0 Å². The van der Waals surface area contributed by atoms with Crippen molar-refractivity contribution >= 4 is 29.1 Å². The zero-order valence-electron chi connectivity index (χ0n) is 5.88. The molecule has 1 heterocycles. The van der Waals surface area contributed by atoms with E-state index in [2.05, 4.69) is 22.4 Å². The Bertz CT molecular complexity index is 135. The van der Waals surface area contributed by atoms with Crippen LogP contribution in [0.2, 0.25) is 0 Å². The Morgan fingerprint density at radius 3 is 2.80 bits per heavy atom. The number of thioether (sulfide) groups is 1. The molecule has 0 unspecified atom stereocenters. The van der Waals surface area contributed by atoms with Crippen molar-refractivity contribution in [2.24, 2.45) is 10.9 Å². The summed E-state index contributed by atoms with van der Waals surface area (Å²) < 4.78 is 0. The van der Waals surface area contributed by atoms with Gasteiger partial charge in [-0.05, 0) is 42.5 Å². The van der Waals surface area contributed by atoms with Crippen molar-refractivity contribution in [1.29, 1.82) is 0 Å². The van der Waals surface area contributed by atoms with Crippen LogP contribution < -0.4 is 0 Å². The second kappa shape index (κ2) is 4.89. The molecule has 0 spiro atoms. The van der Waals surface area contributed by atoms with Crippen LogP contribution in [0.1, 0.15) is 12.8 Å². The molecule has 0 N–H and O–H groups in total. The van der Waals surface area contributed by atoms with Crippen molar-refractivity contribution < 1.29 is 0 Å². The predicted octanol–water partition coefficient (Wildman–Crippen LogP) is 2.23. The van der Waals surface area contributed by atoms with Gasteiger partial charge in [-0.25, -0.2) is 4.99 Å². The van der Waals surface area contributed by atoms with E-state index in [1.165, 1.54) is 24.3 Å². The molecule has 3 heteroatoms. The minimum atomic E-state index is 0.789. The van der Waals surface area contributed by atoms with Crippen LogP contribution in [0.5, 0.6) is 0 Å². The van der Waals surface area contributed by atoms with Crippen LogP contribution in [-0.2, 0) is 0 Å². The highest BCUT2D eigenvalue weighted by Crippen LogP contribution is 2.22. The smallest absolute Gasteiger partial charge is 0.0585 e.